The van der Waals surface area contributed by atoms with Gasteiger partial charge < -0.3 is 9.84 Å². The van der Waals surface area contributed by atoms with E-state index in [0.717, 1.165) is 22.0 Å². The summed E-state index contributed by atoms with van der Waals surface area (Å²) in [6.45, 7) is -0.0244. The molecule has 148 valence electrons. The molecule has 2 heterocycles. The number of benzene rings is 3. The van der Waals surface area contributed by atoms with E-state index in [2.05, 4.69) is 15.5 Å². The van der Waals surface area contributed by atoms with Gasteiger partial charge in [-0.15, -0.1) is 0 Å². The van der Waals surface area contributed by atoms with Gasteiger partial charge in [-0.2, -0.15) is 4.98 Å². The molecule has 1 N–H and O–H groups in total. The van der Waals surface area contributed by atoms with E-state index in [4.69, 9.17) is 16.1 Å². The highest BCUT2D eigenvalue weighted by molar-refractivity contribution is 6.30. The van der Waals surface area contributed by atoms with Gasteiger partial charge in [0.1, 0.15) is 6.54 Å². The maximum Gasteiger partial charge on any atom is 0.259 e. The molecule has 2 amide bonds. The zero-order chi connectivity index (χ0) is 20.7. The van der Waals surface area contributed by atoms with E-state index in [1.54, 1.807) is 30.3 Å². The lowest BCUT2D eigenvalue weighted by atomic mass is 10.1. The smallest absolute Gasteiger partial charge is 0.259 e. The zero-order valence-corrected chi connectivity index (χ0v) is 16.4. The van der Waals surface area contributed by atoms with Crippen LogP contribution in [0.2, 0.25) is 5.02 Å². The topological polar surface area (TPSA) is 88.3 Å². The van der Waals surface area contributed by atoms with E-state index in [1.165, 1.54) is 4.90 Å². The number of hydrogen-bond acceptors (Lipinski definition) is 5. The standard InChI is InChI=1S/C22H15ClN4O3/c23-15-9-7-14(8-10-15)21-25-19(30-26-21)11-24-18(28)12-27-17-6-2-4-13-3-1-5-16(20(13)17)22(27)29/h1-10H,11-12H2,(H,24,28). The number of nitrogens with zero attached hydrogens (tertiary/aromatic N) is 3. The van der Waals surface area contributed by atoms with Crippen molar-refractivity contribution in [1.82, 2.24) is 15.5 Å². The summed E-state index contributed by atoms with van der Waals surface area (Å²) in [7, 11) is 0. The van der Waals surface area contributed by atoms with E-state index in [-0.39, 0.29) is 30.8 Å². The van der Waals surface area contributed by atoms with Crippen molar-refractivity contribution in [2.75, 3.05) is 11.4 Å². The Kier molecular flexibility index (Phi) is 4.44. The number of halogens is 1. The molecule has 0 spiro atoms. The largest absolute Gasteiger partial charge is 0.345 e. The summed E-state index contributed by atoms with van der Waals surface area (Å²) in [5.41, 5.74) is 2.11. The van der Waals surface area contributed by atoms with Gasteiger partial charge in [0, 0.05) is 21.5 Å². The number of carbonyl (C=O) groups is 2. The SMILES string of the molecule is O=C(CN1C(=O)c2cccc3cccc1c23)NCc1nc(-c2ccc(Cl)cc2)no1. The number of amides is 2. The second kappa shape index (κ2) is 7.27. The minimum Gasteiger partial charge on any atom is -0.345 e. The highest BCUT2D eigenvalue weighted by atomic mass is 35.5. The first-order valence-electron chi connectivity index (χ1n) is 9.29. The molecule has 0 saturated heterocycles. The summed E-state index contributed by atoms with van der Waals surface area (Å²) in [4.78, 5) is 31.0. The van der Waals surface area contributed by atoms with E-state index in [1.807, 2.05) is 30.3 Å². The monoisotopic (exact) mass is 418 g/mol. The number of carbonyl (C=O) groups excluding carboxylic acids is 2. The van der Waals surface area contributed by atoms with Crippen LogP contribution in [0.3, 0.4) is 0 Å². The van der Waals surface area contributed by atoms with Gasteiger partial charge in [0.15, 0.2) is 0 Å². The number of hydrogen-bond donors (Lipinski definition) is 1. The maximum atomic E-state index is 12.8. The molecule has 4 aromatic rings. The minimum atomic E-state index is -0.320. The molecule has 1 aromatic heterocycles. The summed E-state index contributed by atoms with van der Waals surface area (Å²) in [5.74, 6) is 0.179. The van der Waals surface area contributed by atoms with Crippen LogP contribution in [0, 0.1) is 0 Å². The van der Waals surface area contributed by atoms with E-state index in [0.29, 0.717) is 16.4 Å². The Morgan fingerprint density at radius 1 is 1.07 bits per heavy atom. The van der Waals surface area contributed by atoms with Crippen molar-refractivity contribution in [3.8, 4) is 11.4 Å². The fraction of sp³-hybridized carbons (Fsp3) is 0.0909. The molecule has 0 aliphatic carbocycles. The molecule has 8 heteroatoms. The number of nitrogens with one attached hydrogen (secondary N) is 1. The Morgan fingerprint density at radius 2 is 1.83 bits per heavy atom. The van der Waals surface area contributed by atoms with Gasteiger partial charge in [0.05, 0.1) is 12.2 Å². The Balaban J connectivity index is 1.26. The van der Waals surface area contributed by atoms with Gasteiger partial charge >= 0.3 is 0 Å². The molecule has 0 unspecified atom stereocenters. The first-order chi connectivity index (χ1) is 14.6. The van der Waals surface area contributed by atoms with Crippen molar-refractivity contribution in [2.45, 2.75) is 6.54 Å². The number of aromatic nitrogens is 2. The van der Waals surface area contributed by atoms with Crippen LogP contribution in [-0.4, -0.2) is 28.5 Å². The predicted octanol–water partition coefficient (Wildman–Crippen LogP) is 3.82. The molecule has 7 nitrogen and oxygen atoms in total. The first-order valence-corrected chi connectivity index (χ1v) is 9.67. The minimum absolute atomic E-state index is 0.0681. The zero-order valence-electron chi connectivity index (χ0n) is 15.6. The van der Waals surface area contributed by atoms with E-state index >= 15 is 0 Å². The van der Waals surface area contributed by atoms with Crippen LogP contribution in [0.5, 0.6) is 0 Å². The first kappa shape index (κ1) is 18.3. The molecule has 3 aromatic carbocycles. The second-order valence-corrected chi connectivity index (χ2v) is 7.30. The lowest BCUT2D eigenvalue weighted by molar-refractivity contribution is -0.120. The van der Waals surface area contributed by atoms with Gasteiger partial charge in [-0.1, -0.05) is 41.0 Å². The summed E-state index contributed by atoms with van der Waals surface area (Å²) in [5, 5.41) is 9.11. The molecule has 30 heavy (non-hydrogen) atoms. The van der Waals surface area contributed by atoms with Crippen molar-refractivity contribution in [3.05, 3.63) is 77.1 Å². The van der Waals surface area contributed by atoms with Crippen LogP contribution in [0.4, 0.5) is 5.69 Å². The Hall–Kier alpha value is -3.71. The Labute approximate surface area is 176 Å². The molecule has 0 atom stereocenters. The lowest BCUT2D eigenvalue weighted by Crippen LogP contribution is -2.38. The lowest BCUT2D eigenvalue weighted by Gasteiger charge is -2.16. The fourth-order valence-corrected chi connectivity index (χ4v) is 3.68. The highest BCUT2D eigenvalue weighted by Crippen LogP contribution is 2.36. The Morgan fingerprint density at radius 3 is 2.63 bits per heavy atom. The quantitative estimate of drug-likeness (QED) is 0.532. The van der Waals surface area contributed by atoms with Gasteiger partial charge in [-0.05, 0) is 41.8 Å². The predicted molar refractivity (Wildman–Crippen MR) is 112 cm³/mol. The molecular weight excluding hydrogens is 404 g/mol. The third kappa shape index (κ3) is 3.19. The summed E-state index contributed by atoms with van der Waals surface area (Å²) in [6.07, 6.45) is 0. The van der Waals surface area contributed by atoms with Crippen molar-refractivity contribution < 1.29 is 14.1 Å². The third-order valence-electron chi connectivity index (χ3n) is 4.96. The van der Waals surface area contributed by atoms with Crippen LogP contribution in [0.15, 0.2) is 65.2 Å². The maximum absolute atomic E-state index is 12.8. The normalized spacial score (nSPS) is 12.6. The van der Waals surface area contributed by atoms with E-state index < -0.39 is 0 Å². The van der Waals surface area contributed by atoms with Crippen LogP contribution < -0.4 is 10.2 Å². The molecule has 1 aliphatic heterocycles. The van der Waals surface area contributed by atoms with Crippen molar-refractivity contribution in [1.29, 1.82) is 0 Å². The van der Waals surface area contributed by atoms with Gasteiger partial charge in [-0.3, -0.25) is 14.5 Å². The summed E-state index contributed by atoms with van der Waals surface area (Å²) < 4.78 is 5.20. The summed E-state index contributed by atoms with van der Waals surface area (Å²) in [6, 6.07) is 18.3. The van der Waals surface area contributed by atoms with Crippen LogP contribution in [-0.2, 0) is 11.3 Å². The average Bonchev–Trinajstić information content (AvgIpc) is 3.34. The fourth-order valence-electron chi connectivity index (χ4n) is 3.55. The molecule has 0 fully saturated rings. The number of rotatable bonds is 5. The third-order valence-corrected chi connectivity index (χ3v) is 5.21. The molecule has 0 radical (unpaired) electrons. The second-order valence-electron chi connectivity index (χ2n) is 6.87. The van der Waals surface area contributed by atoms with Gasteiger partial charge in [0.2, 0.25) is 17.6 Å². The van der Waals surface area contributed by atoms with Crippen LogP contribution in [0.25, 0.3) is 22.2 Å². The van der Waals surface area contributed by atoms with Crippen molar-refractivity contribution in [3.63, 3.8) is 0 Å². The average molecular weight is 419 g/mol. The molecule has 1 aliphatic rings. The van der Waals surface area contributed by atoms with Crippen LogP contribution in [0.1, 0.15) is 16.2 Å². The van der Waals surface area contributed by atoms with Crippen molar-refractivity contribution in [2.24, 2.45) is 0 Å². The molecular formula is C22H15ClN4O3. The van der Waals surface area contributed by atoms with Crippen LogP contribution >= 0.6 is 11.6 Å². The van der Waals surface area contributed by atoms with Gasteiger partial charge in [-0.25, -0.2) is 0 Å². The molecule has 0 bridgehead atoms. The highest BCUT2D eigenvalue weighted by Gasteiger charge is 2.30. The van der Waals surface area contributed by atoms with E-state index in [9.17, 15) is 9.59 Å². The Bertz CT molecular complexity index is 1280. The summed E-state index contributed by atoms with van der Waals surface area (Å²) >= 11 is 5.88. The number of anilines is 1. The molecule has 5 rings (SSSR count). The molecule has 0 saturated carbocycles. The van der Waals surface area contributed by atoms with Crippen molar-refractivity contribution >= 4 is 39.9 Å². The van der Waals surface area contributed by atoms with Gasteiger partial charge in [0.25, 0.3) is 5.91 Å².